The van der Waals surface area contributed by atoms with E-state index >= 15 is 0 Å². The van der Waals surface area contributed by atoms with Gasteiger partial charge in [-0.15, -0.1) is 0 Å². The Hall–Kier alpha value is -1.28. The van der Waals surface area contributed by atoms with Crippen LogP contribution in [0.4, 0.5) is 0 Å². The predicted molar refractivity (Wildman–Crippen MR) is 77.0 cm³/mol. The van der Waals surface area contributed by atoms with Gasteiger partial charge in [0.1, 0.15) is 0 Å². The zero-order chi connectivity index (χ0) is 12.4. The van der Waals surface area contributed by atoms with Gasteiger partial charge in [0, 0.05) is 17.1 Å². The lowest BCUT2D eigenvalue weighted by atomic mass is 10.1. The van der Waals surface area contributed by atoms with Crippen LogP contribution in [0.3, 0.4) is 0 Å². The zero-order valence-electron chi connectivity index (χ0n) is 11.1. The second-order valence-electron chi connectivity index (χ2n) is 5.40. The van der Waals surface area contributed by atoms with Crippen LogP contribution in [0.5, 0.6) is 0 Å². The highest BCUT2D eigenvalue weighted by atomic mass is 14.9. The summed E-state index contributed by atoms with van der Waals surface area (Å²) in [4.78, 5) is 3.44. The van der Waals surface area contributed by atoms with Crippen molar-refractivity contribution in [3.63, 3.8) is 0 Å². The third-order valence-electron chi connectivity index (χ3n) is 3.97. The van der Waals surface area contributed by atoms with Crippen LogP contribution in [0.1, 0.15) is 30.9 Å². The van der Waals surface area contributed by atoms with Crippen molar-refractivity contribution < 1.29 is 0 Å². The number of H-pyrrole nitrogens is 1. The highest BCUT2D eigenvalue weighted by molar-refractivity contribution is 5.86. The van der Waals surface area contributed by atoms with Gasteiger partial charge in [-0.1, -0.05) is 25.1 Å². The minimum atomic E-state index is 0.972. The Morgan fingerprint density at radius 2 is 2.17 bits per heavy atom. The average molecular weight is 242 g/mol. The molecule has 1 aliphatic rings. The van der Waals surface area contributed by atoms with Crippen LogP contribution in [0, 0.1) is 5.92 Å². The molecule has 0 unspecified atom stereocenters. The Labute approximate surface area is 109 Å². The maximum Gasteiger partial charge on any atom is 0.0489 e. The second kappa shape index (κ2) is 5.15. The summed E-state index contributed by atoms with van der Waals surface area (Å²) in [6, 6.07) is 6.63. The Balaban J connectivity index is 1.67. The molecule has 0 saturated heterocycles. The standard InChI is InChI=1S/C16H22N2/c1-2-13-4-3-5-15-14(11-18-16(13)15)8-9-17-10-12-6-7-12/h3-5,11-12,17-18H,2,6-10H2,1H3. The maximum absolute atomic E-state index is 3.57. The van der Waals surface area contributed by atoms with Crippen LogP contribution in [0.15, 0.2) is 24.4 Å². The summed E-state index contributed by atoms with van der Waals surface area (Å²) in [6.07, 6.45) is 7.26. The first kappa shape index (κ1) is 11.8. The van der Waals surface area contributed by atoms with Crippen LogP contribution in [-0.4, -0.2) is 18.1 Å². The van der Waals surface area contributed by atoms with Gasteiger partial charge >= 0.3 is 0 Å². The molecule has 0 radical (unpaired) electrons. The van der Waals surface area contributed by atoms with Crippen LogP contribution < -0.4 is 5.32 Å². The fourth-order valence-corrected chi connectivity index (χ4v) is 2.63. The fraction of sp³-hybridized carbons (Fsp3) is 0.500. The first-order valence-electron chi connectivity index (χ1n) is 7.17. The molecule has 2 nitrogen and oxygen atoms in total. The summed E-state index contributed by atoms with van der Waals surface area (Å²) in [5, 5.41) is 4.97. The molecule has 2 aromatic rings. The molecule has 1 aromatic carbocycles. The highest BCUT2D eigenvalue weighted by Crippen LogP contribution is 2.27. The summed E-state index contributed by atoms with van der Waals surface area (Å²) in [7, 11) is 0. The third kappa shape index (κ3) is 2.44. The minimum Gasteiger partial charge on any atom is -0.361 e. The number of aromatic nitrogens is 1. The van der Waals surface area contributed by atoms with Crippen LogP contribution in [0.2, 0.25) is 0 Å². The molecule has 3 rings (SSSR count). The Bertz CT molecular complexity index is 523. The zero-order valence-corrected chi connectivity index (χ0v) is 11.1. The lowest BCUT2D eigenvalue weighted by Crippen LogP contribution is -2.19. The summed E-state index contributed by atoms with van der Waals surface area (Å²) in [5.74, 6) is 0.972. The molecule has 0 amide bonds. The van der Waals surface area contributed by atoms with Crippen molar-refractivity contribution >= 4 is 10.9 Å². The van der Waals surface area contributed by atoms with Gasteiger partial charge in [-0.3, -0.25) is 0 Å². The van der Waals surface area contributed by atoms with E-state index in [2.05, 4.69) is 41.6 Å². The lowest BCUT2D eigenvalue weighted by Gasteiger charge is -2.03. The lowest BCUT2D eigenvalue weighted by molar-refractivity contribution is 0.638. The van der Waals surface area contributed by atoms with Gasteiger partial charge in [0.15, 0.2) is 0 Å². The molecular formula is C16H22N2. The summed E-state index contributed by atoms with van der Waals surface area (Å²) in [6.45, 7) is 4.52. The van der Waals surface area contributed by atoms with E-state index in [4.69, 9.17) is 0 Å². The van der Waals surface area contributed by atoms with E-state index < -0.39 is 0 Å². The topological polar surface area (TPSA) is 27.8 Å². The molecule has 0 bridgehead atoms. The Kier molecular flexibility index (Phi) is 3.37. The number of rotatable bonds is 6. The fourth-order valence-electron chi connectivity index (χ4n) is 2.63. The van der Waals surface area contributed by atoms with Crippen molar-refractivity contribution in [1.29, 1.82) is 0 Å². The number of para-hydroxylation sites is 1. The molecule has 2 N–H and O–H groups in total. The van der Waals surface area contributed by atoms with Gasteiger partial charge in [0.05, 0.1) is 0 Å². The van der Waals surface area contributed by atoms with Crippen molar-refractivity contribution in [3.05, 3.63) is 35.5 Å². The molecule has 1 saturated carbocycles. The van der Waals surface area contributed by atoms with E-state index in [1.807, 2.05) is 0 Å². The molecule has 96 valence electrons. The number of aryl methyl sites for hydroxylation is 1. The number of hydrogen-bond acceptors (Lipinski definition) is 1. The van der Waals surface area contributed by atoms with E-state index in [9.17, 15) is 0 Å². The summed E-state index contributed by atoms with van der Waals surface area (Å²) >= 11 is 0. The number of aromatic amines is 1. The first-order valence-corrected chi connectivity index (χ1v) is 7.17. The van der Waals surface area contributed by atoms with Gasteiger partial charge in [-0.2, -0.15) is 0 Å². The van der Waals surface area contributed by atoms with Crippen molar-refractivity contribution in [1.82, 2.24) is 10.3 Å². The molecule has 0 aliphatic heterocycles. The van der Waals surface area contributed by atoms with E-state index in [1.54, 1.807) is 0 Å². The number of nitrogens with one attached hydrogen (secondary N) is 2. The van der Waals surface area contributed by atoms with Gasteiger partial charge < -0.3 is 10.3 Å². The van der Waals surface area contributed by atoms with E-state index in [0.717, 1.165) is 25.3 Å². The molecule has 1 aliphatic carbocycles. The monoisotopic (exact) mass is 242 g/mol. The number of hydrogen-bond donors (Lipinski definition) is 2. The largest absolute Gasteiger partial charge is 0.361 e. The second-order valence-corrected chi connectivity index (χ2v) is 5.40. The van der Waals surface area contributed by atoms with Crippen molar-refractivity contribution in [3.8, 4) is 0 Å². The van der Waals surface area contributed by atoms with Crippen molar-refractivity contribution in [2.75, 3.05) is 13.1 Å². The average Bonchev–Trinajstić information content (AvgIpc) is 3.14. The molecule has 0 atom stereocenters. The molecule has 0 spiro atoms. The smallest absolute Gasteiger partial charge is 0.0489 e. The van der Waals surface area contributed by atoms with Crippen molar-refractivity contribution in [2.45, 2.75) is 32.6 Å². The highest BCUT2D eigenvalue weighted by Gasteiger charge is 2.20. The normalized spacial score (nSPS) is 15.4. The number of benzene rings is 1. The van der Waals surface area contributed by atoms with E-state index in [-0.39, 0.29) is 0 Å². The van der Waals surface area contributed by atoms with Crippen LogP contribution >= 0.6 is 0 Å². The van der Waals surface area contributed by atoms with Gasteiger partial charge in [0.25, 0.3) is 0 Å². The molecule has 2 heteroatoms. The Morgan fingerprint density at radius 1 is 1.28 bits per heavy atom. The van der Waals surface area contributed by atoms with E-state index in [1.165, 1.54) is 41.4 Å². The predicted octanol–water partition coefficient (Wildman–Crippen LogP) is 3.27. The molecule has 1 fully saturated rings. The third-order valence-corrected chi connectivity index (χ3v) is 3.97. The maximum atomic E-state index is 3.57. The van der Waals surface area contributed by atoms with Gasteiger partial charge in [-0.25, -0.2) is 0 Å². The van der Waals surface area contributed by atoms with Crippen LogP contribution in [-0.2, 0) is 12.8 Å². The Morgan fingerprint density at radius 3 is 2.94 bits per heavy atom. The van der Waals surface area contributed by atoms with E-state index in [0.29, 0.717) is 0 Å². The van der Waals surface area contributed by atoms with Gasteiger partial charge in [-0.05, 0) is 55.8 Å². The van der Waals surface area contributed by atoms with Crippen LogP contribution in [0.25, 0.3) is 10.9 Å². The SMILES string of the molecule is CCc1cccc2c(CCNCC3CC3)c[nH]c12. The summed E-state index contributed by atoms with van der Waals surface area (Å²) in [5.41, 5.74) is 4.20. The van der Waals surface area contributed by atoms with Gasteiger partial charge in [0.2, 0.25) is 0 Å². The molecule has 1 aromatic heterocycles. The first-order chi connectivity index (χ1) is 8.88. The van der Waals surface area contributed by atoms with Crippen molar-refractivity contribution in [2.24, 2.45) is 5.92 Å². The summed E-state index contributed by atoms with van der Waals surface area (Å²) < 4.78 is 0. The molecule has 1 heterocycles. The molecule has 18 heavy (non-hydrogen) atoms. The molecular weight excluding hydrogens is 220 g/mol. The number of fused-ring (bicyclic) bond motifs is 1. The minimum absolute atomic E-state index is 0.972. The quantitative estimate of drug-likeness (QED) is 0.748.